The maximum atomic E-state index is 9.10. The average Bonchev–Trinajstić information content (AvgIpc) is 3.07. The fourth-order valence-corrected chi connectivity index (χ4v) is 3.09. The van der Waals surface area contributed by atoms with Gasteiger partial charge >= 0.3 is 0 Å². The molecule has 24 heavy (non-hydrogen) atoms. The summed E-state index contributed by atoms with van der Waals surface area (Å²) in [5.41, 5.74) is 4.07. The third-order valence-electron chi connectivity index (χ3n) is 4.35. The van der Waals surface area contributed by atoms with Gasteiger partial charge in [-0.1, -0.05) is 11.6 Å². The lowest BCUT2D eigenvalue weighted by atomic mass is 10.1. The topological polar surface area (TPSA) is 63.2 Å². The molecule has 0 aliphatic rings. The van der Waals surface area contributed by atoms with Crippen molar-refractivity contribution in [2.45, 2.75) is 39.9 Å². The summed E-state index contributed by atoms with van der Waals surface area (Å²) in [5, 5.41) is 18.8. The van der Waals surface area contributed by atoms with Crippen LogP contribution in [0.5, 0.6) is 0 Å². The third kappa shape index (κ3) is 3.34. The minimum Gasteiger partial charge on any atom is -0.459 e. The molecule has 1 aromatic carbocycles. The van der Waals surface area contributed by atoms with Gasteiger partial charge in [0.05, 0.1) is 24.9 Å². The zero-order chi connectivity index (χ0) is 17.3. The van der Waals surface area contributed by atoms with Crippen molar-refractivity contribution in [3.63, 3.8) is 0 Å². The van der Waals surface area contributed by atoms with Crippen LogP contribution in [0.4, 0.5) is 0 Å². The number of benzene rings is 1. The van der Waals surface area contributed by atoms with Crippen molar-refractivity contribution in [3.8, 4) is 0 Å². The van der Waals surface area contributed by atoms with Gasteiger partial charge in [0, 0.05) is 28.2 Å². The van der Waals surface area contributed by atoms with Gasteiger partial charge in [0.25, 0.3) is 0 Å². The molecule has 0 fully saturated rings. The van der Waals surface area contributed by atoms with E-state index in [1.165, 1.54) is 0 Å². The number of hydrogen-bond acceptors (Lipinski definition) is 4. The lowest BCUT2D eigenvalue weighted by molar-refractivity contribution is 0.267. The van der Waals surface area contributed by atoms with Crippen LogP contribution in [0.2, 0.25) is 5.02 Å². The Morgan fingerprint density at radius 1 is 1.33 bits per heavy atom. The van der Waals surface area contributed by atoms with Gasteiger partial charge < -0.3 is 14.8 Å². The molecule has 2 N–H and O–H groups in total. The van der Waals surface area contributed by atoms with Crippen LogP contribution in [0, 0.1) is 13.8 Å². The van der Waals surface area contributed by atoms with Gasteiger partial charge in [-0.15, -0.1) is 0 Å². The minimum absolute atomic E-state index is 0.0659. The van der Waals surface area contributed by atoms with Gasteiger partial charge in [0.1, 0.15) is 11.3 Å². The molecule has 128 valence electrons. The first-order chi connectivity index (χ1) is 11.5. The Morgan fingerprint density at radius 3 is 2.88 bits per heavy atom. The Hall–Kier alpha value is -1.82. The van der Waals surface area contributed by atoms with E-state index in [0.29, 0.717) is 18.1 Å². The van der Waals surface area contributed by atoms with Gasteiger partial charge in [-0.25, -0.2) is 0 Å². The van der Waals surface area contributed by atoms with E-state index in [4.69, 9.17) is 21.1 Å². The SMILES string of the molecule is Cc1nn(CCO)c(C)c1CNC(C)c1cc2cc(Cl)ccc2o1. The molecule has 0 radical (unpaired) electrons. The zero-order valence-corrected chi connectivity index (χ0v) is 14.9. The van der Waals surface area contributed by atoms with E-state index in [1.807, 2.05) is 42.8 Å². The number of fused-ring (bicyclic) bond motifs is 1. The molecule has 1 atom stereocenters. The van der Waals surface area contributed by atoms with Crippen molar-refractivity contribution in [1.82, 2.24) is 15.1 Å². The molecule has 3 rings (SSSR count). The quantitative estimate of drug-likeness (QED) is 0.713. The lowest BCUT2D eigenvalue weighted by Crippen LogP contribution is -2.18. The second-order valence-corrected chi connectivity index (χ2v) is 6.47. The summed E-state index contributed by atoms with van der Waals surface area (Å²) in [6.45, 7) is 7.40. The molecule has 2 aromatic heterocycles. The van der Waals surface area contributed by atoms with Gasteiger partial charge in [-0.3, -0.25) is 4.68 Å². The molecule has 0 saturated heterocycles. The van der Waals surface area contributed by atoms with Crippen LogP contribution < -0.4 is 5.32 Å². The van der Waals surface area contributed by atoms with Crippen LogP contribution >= 0.6 is 11.6 Å². The Bertz CT molecular complexity index is 853. The first-order valence-corrected chi connectivity index (χ1v) is 8.43. The molecule has 1 unspecified atom stereocenters. The summed E-state index contributed by atoms with van der Waals surface area (Å²) < 4.78 is 7.75. The lowest BCUT2D eigenvalue weighted by Gasteiger charge is -2.11. The van der Waals surface area contributed by atoms with Crippen LogP contribution in [-0.4, -0.2) is 21.5 Å². The number of rotatable bonds is 6. The summed E-state index contributed by atoms with van der Waals surface area (Å²) in [5.74, 6) is 0.880. The molecule has 0 bridgehead atoms. The van der Waals surface area contributed by atoms with Crippen molar-refractivity contribution in [2.24, 2.45) is 0 Å². The molecular weight excluding hydrogens is 326 g/mol. The van der Waals surface area contributed by atoms with Crippen LogP contribution in [0.25, 0.3) is 11.0 Å². The van der Waals surface area contributed by atoms with Crippen molar-refractivity contribution in [3.05, 3.63) is 52.0 Å². The maximum absolute atomic E-state index is 9.10. The Morgan fingerprint density at radius 2 is 2.12 bits per heavy atom. The predicted octanol–water partition coefficient (Wildman–Crippen LogP) is 3.74. The molecule has 0 aliphatic carbocycles. The van der Waals surface area contributed by atoms with Crippen LogP contribution in [-0.2, 0) is 13.1 Å². The fraction of sp³-hybridized carbons (Fsp3) is 0.389. The van der Waals surface area contributed by atoms with Crippen molar-refractivity contribution in [2.75, 3.05) is 6.61 Å². The molecule has 5 nitrogen and oxygen atoms in total. The highest BCUT2D eigenvalue weighted by atomic mass is 35.5. The summed E-state index contributed by atoms with van der Waals surface area (Å²) in [6, 6.07) is 7.71. The van der Waals surface area contributed by atoms with Crippen molar-refractivity contribution >= 4 is 22.6 Å². The average molecular weight is 348 g/mol. The summed E-state index contributed by atoms with van der Waals surface area (Å²) in [6.07, 6.45) is 0. The van der Waals surface area contributed by atoms with E-state index in [-0.39, 0.29) is 12.6 Å². The Balaban J connectivity index is 1.74. The van der Waals surface area contributed by atoms with Gasteiger partial charge in [-0.05, 0) is 45.0 Å². The number of nitrogens with zero attached hydrogens (tertiary/aromatic N) is 2. The first kappa shape index (κ1) is 17.0. The number of aromatic nitrogens is 2. The molecule has 3 aromatic rings. The molecular formula is C18H22ClN3O2. The number of aliphatic hydroxyl groups is 1. The van der Waals surface area contributed by atoms with E-state index < -0.39 is 0 Å². The highest BCUT2D eigenvalue weighted by Gasteiger charge is 2.15. The van der Waals surface area contributed by atoms with E-state index in [2.05, 4.69) is 17.3 Å². The summed E-state index contributed by atoms with van der Waals surface area (Å²) in [7, 11) is 0. The minimum atomic E-state index is 0.0659. The fourth-order valence-electron chi connectivity index (χ4n) is 2.91. The van der Waals surface area contributed by atoms with Crippen LogP contribution in [0.15, 0.2) is 28.7 Å². The standard InChI is InChI=1S/C18H22ClN3O2/c1-11-16(13(3)22(21-11)6-7-23)10-20-12(2)18-9-14-8-15(19)4-5-17(14)24-18/h4-5,8-9,12,20,23H,6-7,10H2,1-3H3. The smallest absolute Gasteiger partial charge is 0.134 e. The molecule has 2 heterocycles. The van der Waals surface area contributed by atoms with E-state index in [9.17, 15) is 0 Å². The van der Waals surface area contributed by atoms with E-state index in [1.54, 1.807) is 0 Å². The number of halogens is 1. The molecule has 0 aliphatic heterocycles. The number of furan rings is 1. The van der Waals surface area contributed by atoms with Crippen LogP contribution in [0.1, 0.15) is 35.7 Å². The highest BCUT2D eigenvalue weighted by Crippen LogP contribution is 2.26. The molecule has 6 heteroatoms. The number of nitrogens with one attached hydrogen (secondary N) is 1. The zero-order valence-electron chi connectivity index (χ0n) is 14.1. The first-order valence-electron chi connectivity index (χ1n) is 8.05. The second kappa shape index (κ2) is 6.97. The maximum Gasteiger partial charge on any atom is 0.134 e. The predicted molar refractivity (Wildman–Crippen MR) is 95.3 cm³/mol. The molecule has 0 spiro atoms. The number of hydrogen-bond donors (Lipinski definition) is 2. The van der Waals surface area contributed by atoms with Gasteiger partial charge in [-0.2, -0.15) is 5.10 Å². The highest BCUT2D eigenvalue weighted by molar-refractivity contribution is 6.31. The Kier molecular flexibility index (Phi) is 4.94. The number of aliphatic hydroxyl groups excluding tert-OH is 1. The summed E-state index contributed by atoms with van der Waals surface area (Å²) >= 11 is 6.03. The molecule has 0 amide bonds. The Labute approximate surface area is 146 Å². The van der Waals surface area contributed by atoms with E-state index in [0.717, 1.165) is 33.7 Å². The summed E-state index contributed by atoms with van der Waals surface area (Å²) in [4.78, 5) is 0. The number of aryl methyl sites for hydroxylation is 1. The monoisotopic (exact) mass is 347 g/mol. The second-order valence-electron chi connectivity index (χ2n) is 6.03. The normalized spacial score (nSPS) is 12.9. The third-order valence-corrected chi connectivity index (χ3v) is 4.59. The largest absolute Gasteiger partial charge is 0.459 e. The van der Waals surface area contributed by atoms with Crippen molar-refractivity contribution < 1.29 is 9.52 Å². The van der Waals surface area contributed by atoms with Gasteiger partial charge in [0.2, 0.25) is 0 Å². The van der Waals surface area contributed by atoms with E-state index >= 15 is 0 Å². The van der Waals surface area contributed by atoms with Crippen molar-refractivity contribution in [1.29, 1.82) is 0 Å². The van der Waals surface area contributed by atoms with Gasteiger partial charge in [0.15, 0.2) is 0 Å². The van der Waals surface area contributed by atoms with Crippen LogP contribution in [0.3, 0.4) is 0 Å². The molecule has 0 saturated carbocycles.